The lowest BCUT2D eigenvalue weighted by molar-refractivity contribution is -0.168. The second-order valence-corrected chi connectivity index (χ2v) is 6.64. The summed E-state index contributed by atoms with van der Waals surface area (Å²) >= 11 is 11.9. The highest BCUT2D eigenvalue weighted by molar-refractivity contribution is 6.34. The van der Waals surface area contributed by atoms with E-state index in [0.29, 0.717) is 15.6 Å². The summed E-state index contributed by atoms with van der Waals surface area (Å²) in [5.41, 5.74) is 0.336. The zero-order valence-electron chi connectivity index (χ0n) is 14.0. The SMILES string of the molecule is COC(=O)C(CC#Cc1cc(Cl)cc(Cl)c1)(CC=C1CC1)C(=O)OC. The first-order chi connectivity index (χ1) is 11.9. The summed E-state index contributed by atoms with van der Waals surface area (Å²) in [5, 5.41) is 0.921. The Morgan fingerprint density at radius 2 is 1.68 bits per heavy atom. The van der Waals surface area contributed by atoms with Gasteiger partial charge in [-0.3, -0.25) is 9.59 Å². The van der Waals surface area contributed by atoms with E-state index in [2.05, 4.69) is 11.8 Å². The van der Waals surface area contributed by atoms with E-state index in [0.717, 1.165) is 12.8 Å². The third kappa shape index (κ3) is 5.01. The van der Waals surface area contributed by atoms with Crippen LogP contribution >= 0.6 is 23.2 Å². The fourth-order valence-corrected chi connectivity index (χ4v) is 2.90. The first-order valence-corrected chi connectivity index (χ1v) is 8.46. The molecule has 0 N–H and O–H groups in total. The molecule has 0 saturated heterocycles. The topological polar surface area (TPSA) is 52.6 Å². The summed E-state index contributed by atoms with van der Waals surface area (Å²) in [6.45, 7) is 0. The Bertz CT molecular complexity index is 729. The number of hydrogen-bond donors (Lipinski definition) is 0. The molecule has 1 aromatic carbocycles. The van der Waals surface area contributed by atoms with Crippen molar-refractivity contribution in [3.05, 3.63) is 45.5 Å². The van der Waals surface area contributed by atoms with E-state index in [9.17, 15) is 9.59 Å². The maximum absolute atomic E-state index is 12.4. The molecule has 0 amide bonds. The Balaban J connectivity index is 2.31. The molecule has 1 saturated carbocycles. The number of methoxy groups -OCH3 is 2. The summed E-state index contributed by atoms with van der Waals surface area (Å²) in [4.78, 5) is 24.7. The van der Waals surface area contributed by atoms with Gasteiger partial charge in [-0.2, -0.15) is 0 Å². The number of ether oxygens (including phenoxy) is 2. The molecular weight excluding hydrogens is 363 g/mol. The average Bonchev–Trinajstić information content (AvgIpc) is 3.40. The van der Waals surface area contributed by atoms with E-state index in [1.807, 2.05) is 6.08 Å². The molecule has 0 aromatic heterocycles. The summed E-state index contributed by atoms with van der Waals surface area (Å²) in [5.74, 6) is 4.45. The molecule has 0 atom stereocenters. The summed E-state index contributed by atoms with van der Waals surface area (Å²) in [6.07, 6.45) is 4.05. The minimum absolute atomic E-state index is 0.0275. The van der Waals surface area contributed by atoms with Gasteiger partial charge in [-0.05, 0) is 37.5 Å². The van der Waals surface area contributed by atoms with Crippen LogP contribution in [0.1, 0.15) is 31.2 Å². The molecule has 4 nitrogen and oxygen atoms in total. The number of esters is 2. The molecule has 0 spiro atoms. The maximum Gasteiger partial charge on any atom is 0.324 e. The van der Waals surface area contributed by atoms with Crippen LogP contribution in [-0.4, -0.2) is 26.2 Å². The van der Waals surface area contributed by atoms with Crippen molar-refractivity contribution in [2.24, 2.45) is 5.41 Å². The minimum Gasteiger partial charge on any atom is -0.468 e. The van der Waals surface area contributed by atoms with Crippen LogP contribution in [0.5, 0.6) is 0 Å². The van der Waals surface area contributed by atoms with E-state index < -0.39 is 17.4 Å². The van der Waals surface area contributed by atoms with E-state index in [4.69, 9.17) is 32.7 Å². The van der Waals surface area contributed by atoms with Gasteiger partial charge in [0.2, 0.25) is 0 Å². The predicted molar refractivity (Wildman–Crippen MR) is 96.4 cm³/mol. The number of carbonyl (C=O) groups is 2. The smallest absolute Gasteiger partial charge is 0.324 e. The lowest BCUT2D eigenvalue weighted by Crippen LogP contribution is -2.40. The van der Waals surface area contributed by atoms with Gasteiger partial charge in [-0.15, -0.1) is 0 Å². The Labute approximate surface area is 157 Å². The largest absolute Gasteiger partial charge is 0.468 e. The Kier molecular flexibility index (Phi) is 6.52. The van der Waals surface area contributed by atoms with Crippen molar-refractivity contribution in [2.45, 2.75) is 25.7 Å². The standard InChI is InChI=1S/C19H18Cl2O4/c1-24-17(22)19(18(23)25-2,9-7-13-5-6-13)8-3-4-14-10-15(20)12-16(21)11-14/h7,10-12H,5-6,8-9H2,1-2H3. The van der Waals surface area contributed by atoms with Crippen molar-refractivity contribution in [3.63, 3.8) is 0 Å². The van der Waals surface area contributed by atoms with Crippen LogP contribution in [0.2, 0.25) is 10.0 Å². The monoisotopic (exact) mass is 380 g/mol. The molecule has 0 bridgehead atoms. The molecule has 132 valence electrons. The van der Waals surface area contributed by atoms with Crippen LogP contribution < -0.4 is 0 Å². The third-order valence-electron chi connectivity index (χ3n) is 3.92. The van der Waals surface area contributed by atoms with E-state index in [1.165, 1.54) is 19.8 Å². The summed E-state index contributed by atoms with van der Waals surface area (Å²) in [6, 6.07) is 4.92. The van der Waals surface area contributed by atoms with Gasteiger partial charge in [0.15, 0.2) is 5.41 Å². The van der Waals surface area contributed by atoms with Crippen molar-refractivity contribution in [1.29, 1.82) is 0 Å². The van der Waals surface area contributed by atoms with Gasteiger partial charge < -0.3 is 9.47 Å². The number of carbonyl (C=O) groups excluding carboxylic acids is 2. The van der Waals surface area contributed by atoms with E-state index in [1.54, 1.807) is 18.2 Å². The molecule has 1 fully saturated rings. The van der Waals surface area contributed by atoms with Crippen LogP contribution in [0.15, 0.2) is 29.8 Å². The lowest BCUT2D eigenvalue weighted by Gasteiger charge is -2.24. The van der Waals surface area contributed by atoms with Crippen molar-refractivity contribution < 1.29 is 19.1 Å². The van der Waals surface area contributed by atoms with Crippen LogP contribution in [0, 0.1) is 17.3 Å². The Hall–Kier alpha value is -1.96. The number of hydrogen-bond acceptors (Lipinski definition) is 4. The normalized spacial score (nSPS) is 12.7. The van der Waals surface area contributed by atoms with E-state index in [-0.39, 0.29) is 12.8 Å². The van der Waals surface area contributed by atoms with Gasteiger partial charge in [0, 0.05) is 22.0 Å². The zero-order valence-corrected chi connectivity index (χ0v) is 15.5. The van der Waals surface area contributed by atoms with Gasteiger partial charge in [-0.25, -0.2) is 0 Å². The van der Waals surface area contributed by atoms with Gasteiger partial charge in [0.1, 0.15) is 0 Å². The molecule has 2 rings (SSSR count). The molecule has 0 radical (unpaired) electrons. The van der Waals surface area contributed by atoms with Crippen molar-refractivity contribution in [1.82, 2.24) is 0 Å². The number of halogens is 2. The molecule has 0 heterocycles. The highest BCUT2D eigenvalue weighted by Gasteiger charge is 2.47. The molecule has 6 heteroatoms. The first kappa shape index (κ1) is 19.4. The van der Waals surface area contributed by atoms with Crippen molar-refractivity contribution in [2.75, 3.05) is 14.2 Å². The molecule has 1 aliphatic carbocycles. The number of benzene rings is 1. The van der Waals surface area contributed by atoms with Crippen LogP contribution in [-0.2, 0) is 19.1 Å². The Morgan fingerprint density at radius 3 is 2.16 bits per heavy atom. The van der Waals surface area contributed by atoms with Gasteiger partial charge in [0.05, 0.1) is 14.2 Å². The summed E-state index contributed by atoms with van der Waals surface area (Å²) < 4.78 is 9.71. The van der Waals surface area contributed by atoms with Crippen molar-refractivity contribution >= 4 is 35.1 Å². The van der Waals surface area contributed by atoms with Gasteiger partial charge >= 0.3 is 11.9 Å². The van der Waals surface area contributed by atoms with E-state index >= 15 is 0 Å². The average molecular weight is 381 g/mol. The second kappa shape index (κ2) is 8.42. The van der Waals surface area contributed by atoms with Gasteiger partial charge in [0.25, 0.3) is 0 Å². The molecule has 0 unspecified atom stereocenters. The highest BCUT2D eigenvalue weighted by atomic mass is 35.5. The maximum atomic E-state index is 12.4. The fraction of sp³-hybridized carbons (Fsp3) is 0.368. The van der Waals surface area contributed by atoms with Crippen LogP contribution in [0.25, 0.3) is 0 Å². The number of allylic oxidation sites excluding steroid dienone is 2. The fourth-order valence-electron chi connectivity index (χ4n) is 2.38. The molecular formula is C19H18Cl2O4. The third-order valence-corrected chi connectivity index (χ3v) is 4.35. The quantitative estimate of drug-likeness (QED) is 0.332. The number of rotatable bonds is 5. The summed E-state index contributed by atoms with van der Waals surface area (Å²) in [7, 11) is 2.49. The second-order valence-electron chi connectivity index (χ2n) is 5.77. The zero-order chi connectivity index (χ0) is 18.4. The Morgan fingerprint density at radius 1 is 1.12 bits per heavy atom. The molecule has 1 aliphatic rings. The highest BCUT2D eigenvalue weighted by Crippen LogP contribution is 2.35. The molecule has 1 aromatic rings. The van der Waals surface area contributed by atoms with Crippen molar-refractivity contribution in [3.8, 4) is 11.8 Å². The molecule has 25 heavy (non-hydrogen) atoms. The first-order valence-electron chi connectivity index (χ1n) is 7.71. The minimum atomic E-state index is -1.48. The predicted octanol–water partition coefficient (Wildman–Crippen LogP) is 4.18. The van der Waals surface area contributed by atoms with Crippen LogP contribution in [0.3, 0.4) is 0 Å². The lowest BCUT2D eigenvalue weighted by atomic mass is 9.81. The van der Waals surface area contributed by atoms with Crippen LogP contribution in [0.4, 0.5) is 0 Å². The molecule has 0 aliphatic heterocycles. The van der Waals surface area contributed by atoms with Gasteiger partial charge in [-0.1, -0.05) is 46.7 Å².